The van der Waals surface area contributed by atoms with Gasteiger partial charge in [0, 0.05) is 11.5 Å². The average Bonchev–Trinajstić information content (AvgIpc) is 2.44. The fourth-order valence-electron chi connectivity index (χ4n) is 1.38. The van der Waals surface area contributed by atoms with Crippen molar-refractivity contribution in [3.05, 3.63) is 35.0 Å². The Hall–Kier alpha value is -0.700. The molecule has 0 saturated carbocycles. The largest absolute Gasteiger partial charge is 0.445 e. The lowest BCUT2D eigenvalue weighted by Crippen LogP contribution is -2.02. The van der Waals surface area contributed by atoms with E-state index in [1.54, 1.807) is 0 Å². The number of rotatable bonds is 2. The average molecular weight is 232 g/mol. The topological polar surface area (TPSA) is 39.2 Å². The maximum atomic E-state index is 5.72. The number of nitrogens with two attached hydrogens (primary N) is 1. The fourth-order valence-corrected chi connectivity index (χ4v) is 1.58. The molecule has 0 aliphatic carbocycles. The summed E-state index contributed by atoms with van der Waals surface area (Å²) >= 11 is 5.72. The molecule has 0 aliphatic heterocycles. The van der Waals surface area contributed by atoms with Gasteiger partial charge in [0.15, 0.2) is 5.22 Å². The summed E-state index contributed by atoms with van der Waals surface area (Å²) in [5.41, 5.74) is 7.50. The third kappa shape index (κ3) is 2.21. The van der Waals surface area contributed by atoms with Crippen molar-refractivity contribution < 1.29 is 4.42 Å². The number of furan rings is 1. The molecular weight excluding hydrogens is 221 g/mol. The van der Waals surface area contributed by atoms with Gasteiger partial charge in [-0.1, -0.05) is 6.07 Å². The first-order valence-electron chi connectivity index (χ1n) is 4.17. The quantitative estimate of drug-likeness (QED) is 0.864. The van der Waals surface area contributed by atoms with E-state index in [0.717, 1.165) is 17.4 Å². The molecule has 1 heterocycles. The normalized spacial score (nSPS) is 10.1. The molecule has 2 nitrogen and oxygen atoms in total. The summed E-state index contributed by atoms with van der Waals surface area (Å²) in [5.74, 6) is 0. The number of hydrogen-bond acceptors (Lipinski definition) is 2. The summed E-state index contributed by atoms with van der Waals surface area (Å²) in [6.45, 7) is 0.664. The van der Waals surface area contributed by atoms with Crippen LogP contribution in [0.1, 0.15) is 5.56 Å². The van der Waals surface area contributed by atoms with Crippen LogP contribution in [0.5, 0.6) is 0 Å². The molecule has 76 valence electrons. The van der Waals surface area contributed by atoms with E-state index < -0.39 is 0 Å². The van der Waals surface area contributed by atoms with Crippen LogP contribution in [0.3, 0.4) is 0 Å². The number of fused-ring (bicyclic) bond motifs is 1. The van der Waals surface area contributed by atoms with Crippen LogP contribution in [-0.2, 0) is 6.42 Å². The van der Waals surface area contributed by atoms with Gasteiger partial charge in [0.25, 0.3) is 0 Å². The first-order valence-corrected chi connectivity index (χ1v) is 4.55. The SMILES string of the molecule is Cl.NCCc1ccc2oc(Cl)cc2c1. The Morgan fingerprint density at radius 3 is 2.79 bits per heavy atom. The van der Waals surface area contributed by atoms with Gasteiger partial charge in [-0.05, 0) is 42.3 Å². The lowest BCUT2D eigenvalue weighted by Gasteiger charge is -1.96. The van der Waals surface area contributed by atoms with E-state index in [4.69, 9.17) is 21.8 Å². The standard InChI is InChI=1S/C10H10ClNO.ClH/c11-10-6-8-5-7(3-4-12)1-2-9(8)13-10;/h1-2,5-6H,3-4,12H2;1H. The van der Waals surface area contributed by atoms with Crippen LogP contribution in [-0.4, -0.2) is 6.54 Å². The smallest absolute Gasteiger partial charge is 0.194 e. The van der Waals surface area contributed by atoms with Crippen LogP contribution < -0.4 is 5.73 Å². The highest BCUT2D eigenvalue weighted by Crippen LogP contribution is 2.23. The molecular formula is C10H11Cl2NO. The summed E-state index contributed by atoms with van der Waals surface area (Å²) in [4.78, 5) is 0. The minimum Gasteiger partial charge on any atom is -0.445 e. The molecule has 0 aliphatic rings. The predicted octanol–water partition coefficient (Wildman–Crippen LogP) is 3.01. The zero-order valence-corrected chi connectivity index (χ0v) is 9.07. The zero-order valence-electron chi connectivity index (χ0n) is 7.50. The van der Waals surface area contributed by atoms with Crippen LogP contribution in [0.4, 0.5) is 0 Å². The Balaban J connectivity index is 0.000000980. The molecule has 1 aromatic heterocycles. The molecule has 0 atom stereocenters. The summed E-state index contributed by atoms with van der Waals surface area (Å²) in [6, 6.07) is 7.80. The first-order chi connectivity index (χ1) is 6.29. The van der Waals surface area contributed by atoms with E-state index >= 15 is 0 Å². The van der Waals surface area contributed by atoms with Crippen molar-refractivity contribution >= 4 is 35.0 Å². The van der Waals surface area contributed by atoms with Crippen LogP contribution in [0.2, 0.25) is 5.22 Å². The second-order valence-electron chi connectivity index (χ2n) is 2.96. The van der Waals surface area contributed by atoms with Crippen molar-refractivity contribution in [2.45, 2.75) is 6.42 Å². The van der Waals surface area contributed by atoms with E-state index in [0.29, 0.717) is 11.8 Å². The maximum Gasteiger partial charge on any atom is 0.194 e. The molecule has 0 spiro atoms. The fraction of sp³-hybridized carbons (Fsp3) is 0.200. The molecule has 1 aromatic carbocycles. The second-order valence-corrected chi connectivity index (χ2v) is 3.33. The van der Waals surface area contributed by atoms with Gasteiger partial charge in [-0.15, -0.1) is 12.4 Å². The molecule has 0 bridgehead atoms. The van der Waals surface area contributed by atoms with Gasteiger partial charge in [0.1, 0.15) is 5.58 Å². The Labute approximate surface area is 93.4 Å². The Morgan fingerprint density at radius 1 is 1.29 bits per heavy atom. The Morgan fingerprint density at radius 2 is 2.07 bits per heavy atom. The Kier molecular flexibility index (Phi) is 3.81. The lowest BCUT2D eigenvalue weighted by atomic mass is 10.1. The third-order valence-corrected chi connectivity index (χ3v) is 2.17. The van der Waals surface area contributed by atoms with Gasteiger partial charge in [-0.2, -0.15) is 0 Å². The van der Waals surface area contributed by atoms with Crippen molar-refractivity contribution in [3.8, 4) is 0 Å². The molecule has 0 amide bonds. The second kappa shape index (κ2) is 4.69. The minimum atomic E-state index is 0. The van der Waals surface area contributed by atoms with Gasteiger partial charge in [-0.3, -0.25) is 0 Å². The molecule has 0 unspecified atom stereocenters. The molecule has 0 fully saturated rings. The van der Waals surface area contributed by atoms with E-state index in [1.807, 2.05) is 18.2 Å². The minimum absolute atomic E-state index is 0. The summed E-state index contributed by atoms with van der Waals surface area (Å²) in [6.07, 6.45) is 0.888. The van der Waals surface area contributed by atoms with Gasteiger partial charge in [-0.25, -0.2) is 0 Å². The number of hydrogen-bond donors (Lipinski definition) is 1. The van der Waals surface area contributed by atoms with E-state index in [9.17, 15) is 0 Å². The van der Waals surface area contributed by atoms with Crippen LogP contribution in [0.15, 0.2) is 28.7 Å². The van der Waals surface area contributed by atoms with E-state index in [-0.39, 0.29) is 12.4 Å². The van der Waals surface area contributed by atoms with Gasteiger partial charge in [0.2, 0.25) is 0 Å². The number of halogens is 2. The van der Waals surface area contributed by atoms with Crippen molar-refractivity contribution in [1.82, 2.24) is 0 Å². The molecule has 2 N–H and O–H groups in total. The summed E-state index contributed by atoms with van der Waals surface area (Å²) < 4.78 is 5.24. The maximum absolute atomic E-state index is 5.72. The Bertz CT molecular complexity index is 425. The highest BCUT2D eigenvalue weighted by Gasteiger charge is 2.01. The van der Waals surface area contributed by atoms with E-state index in [1.165, 1.54) is 5.56 Å². The van der Waals surface area contributed by atoms with Crippen LogP contribution in [0.25, 0.3) is 11.0 Å². The predicted molar refractivity (Wildman–Crippen MR) is 61.2 cm³/mol. The van der Waals surface area contributed by atoms with Crippen molar-refractivity contribution in [2.24, 2.45) is 5.73 Å². The van der Waals surface area contributed by atoms with Gasteiger partial charge < -0.3 is 10.2 Å². The molecule has 4 heteroatoms. The lowest BCUT2D eigenvalue weighted by molar-refractivity contribution is 0.618. The highest BCUT2D eigenvalue weighted by atomic mass is 35.5. The number of benzene rings is 1. The molecule has 0 saturated heterocycles. The van der Waals surface area contributed by atoms with Crippen molar-refractivity contribution in [3.63, 3.8) is 0 Å². The van der Waals surface area contributed by atoms with E-state index in [2.05, 4.69) is 6.07 Å². The van der Waals surface area contributed by atoms with Crippen LogP contribution in [0, 0.1) is 0 Å². The molecule has 0 radical (unpaired) electrons. The zero-order chi connectivity index (χ0) is 9.26. The molecule has 2 rings (SSSR count). The van der Waals surface area contributed by atoms with Gasteiger partial charge in [0.05, 0.1) is 0 Å². The van der Waals surface area contributed by atoms with Crippen LogP contribution >= 0.6 is 24.0 Å². The summed E-state index contributed by atoms with van der Waals surface area (Å²) in [7, 11) is 0. The van der Waals surface area contributed by atoms with Gasteiger partial charge >= 0.3 is 0 Å². The highest BCUT2D eigenvalue weighted by molar-refractivity contribution is 6.29. The van der Waals surface area contributed by atoms with Crippen molar-refractivity contribution in [1.29, 1.82) is 0 Å². The van der Waals surface area contributed by atoms with Crippen molar-refractivity contribution in [2.75, 3.05) is 6.54 Å². The first kappa shape index (κ1) is 11.4. The molecule has 14 heavy (non-hydrogen) atoms. The summed E-state index contributed by atoms with van der Waals surface area (Å²) in [5, 5.41) is 1.47. The monoisotopic (exact) mass is 231 g/mol. The molecule has 2 aromatic rings. The third-order valence-electron chi connectivity index (χ3n) is 1.98.